The van der Waals surface area contributed by atoms with Gasteiger partial charge in [-0.05, 0) is 38.1 Å². The Morgan fingerprint density at radius 1 is 1.19 bits per heavy atom. The second-order valence-electron chi connectivity index (χ2n) is 5.64. The highest BCUT2D eigenvalue weighted by Crippen LogP contribution is 2.30. The number of nitrogens with zero attached hydrogens (tertiary/aromatic N) is 1. The predicted molar refractivity (Wildman–Crippen MR) is 79.7 cm³/mol. The van der Waals surface area contributed by atoms with E-state index in [0.717, 1.165) is 24.6 Å². The van der Waals surface area contributed by atoms with Gasteiger partial charge in [0, 0.05) is 0 Å². The summed E-state index contributed by atoms with van der Waals surface area (Å²) in [5, 5.41) is 2.94. The lowest BCUT2D eigenvalue weighted by Gasteiger charge is -2.28. The van der Waals surface area contributed by atoms with Gasteiger partial charge in [-0.2, -0.15) is 0 Å². The summed E-state index contributed by atoms with van der Waals surface area (Å²) < 4.78 is 11.5. The SMILES string of the molecule is O=C(CN1CCCCC1)NCC1COc2ccccc2O1. The molecule has 1 saturated heterocycles. The van der Waals surface area contributed by atoms with Crippen LogP contribution < -0.4 is 14.8 Å². The molecule has 1 N–H and O–H groups in total. The van der Waals surface area contributed by atoms with E-state index in [9.17, 15) is 4.79 Å². The zero-order valence-corrected chi connectivity index (χ0v) is 12.2. The summed E-state index contributed by atoms with van der Waals surface area (Å²) >= 11 is 0. The minimum absolute atomic E-state index is 0.0689. The van der Waals surface area contributed by atoms with Crippen molar-refractivity contribution >= 4 is 5.91 Å². The fourth-order valence-corrected chi connectivity index (χ4v) is 2.77. The maximum Gasteiger partial charge on any atom is 0.234 e. The molecule has 3 rings (SSSR count). The van der Waals surface area contributed by atoms with E-state index in [0.29, 0.717) is 19.7 Å². The van der Waals surface area contributed by atoms with Crippen LogP contribution in [0.2, 0.25) is 0 Å². The van der Waals surface area contributed by atoms with Gasteiger partial charge in [0.1, 0.15) is 12.7 Å². The van der Waals surface area contributed by atoms with E-state index in [2.05, 4.69) is 10.2 Å². The molecule has 2 aliphatic rings. The third-order valence-electron chi connectivity index (χ3n) is 3.91. The minimum atomic E-state index is -0.120. The summed E-state index contributed by atoms with van der Waals surface area (Å²) in [6.07, 6.45) is 3.56. The Kier molecular flexibility index (Phi) is 4.60. The molecule has 1 aromatic rings. The summed E-state index contributed by atoms with van der Waals surface area (Å²) in [5.74, 6) is 1.59. The van der Waals surface area contributed by atoms with Crippen LogP contribution in [-0.2, 0) is 4.79 Å². The largest absolute Gasteiger partial charge is 0.486 e. The van der Waals surface area contributed by atoms with Crippen molar-refractivity contribution in [2.24, 2.45) is 0 Å². The van der Waals surface area contributed by atoms with Crippen LogP contribution in [0.1, 0.15) is 19.3 Å². The summed E-state index contributed by atoms with van der Waals surface area (Å²) in [7, 11) is 0. The third-order valence-corrected chi connectivity index (χ3v) is 3.91. The lowest BCUT2D eigenvalue weighted by Crippen LogP contribution is -2.45. The number of carbonyl (C=O) groups excluding carboxylic acids is 1. The molecule has 0 saturated carbocycles. The van der Waals surface area contributed by atoms with Gasteiger partial charge in [-0.1, -0.05) is 18.6 Å². The van der Waals surface area contributed by atoms with Crippen LogP contribution in [0, 0.1) is 0 Å². The molecule has 2 heterocycles. The van der Waals surface area contributed by atoms with Crippen LogP contribution in [0.3, 0.4) is 0 Å². The third kappa shape index (κ3) is 3.88. The molecule has 1 aromatic carbocycles. The number of likely N-dealkylation sites (tertiary alicyclic amines) is 1. The topological polar surface area (TPSA) is 50.8 Å². The van der Waals surface area contributed by atoms with Crippen molar-refractivity contribution < 1.29 is 14.3 Å². The van der Waals surface area contributed by atoms with Gasteiger partial charge in [0.15, 0.2) is 11.5 Å². The number of fused-ring (bicyclic) bond motifs is 1. The molecule has 5 nitrogen and oxygen atoms in total. The highest BCUT2D eigenvalue weighted by atomic mass is 16.6. The van der Waals surface area contributed by atoms with Crippen LogP contribution in [0.15, 0.2) is 24.3 Å². The average Bonchev–Trinajstić information content (AvgIpc) is 2.54. The van der Waals surface area contributed by atoms with Gasteiger partial charge in [0.2, 0.25) is 5.91 Å². The van der Waals surface area contributed by atoms with E-state index in [1.165, 1.54) is 19.3 Å². The van der Waals surface area contributed by atoms with E-state index >= 15 is 0 Å². The van der Waals surface area contributed by atoms with Crippen molar-refractivity contribution in [3.05, 3.63) is 24.3 Å². The number of amides is 1. The zero-order valence-electron chi connectivity index (χ0n) is 12.2. The number of hydrogen-bond acceptors (Lipinski definition) is 4. The number of ether oxygens (including phenoxy) is 2. The second-order valence-corrected chi connectivity index (χ2v) is 5.64. The highest BCUT2D eigenvalue weighted by molar-refractivity contribution is 5.78. The Bertz CT molecular complexity index is 486. The standard InChI is InChI=1S/C16H22N2O3/c19-16(11-18-8-4-1-5-9-18)17-10-13-12-20-14-6-2-3-7-15(14)21-13/h2-3,6-7,13H,1,4-5,8-12H2,(H,17,19). The first kappa shape index (κ1) is 14.2. The van der Waals surface area contributed by atoms with Gasteiger partial charge in [-0.3, -0.25) is 9.69 Å². The molecule has 1 amide bonds. The fraction of sp³-hybridized carbons (Fsp3) is 0.562. The van der Waals surface area contributed by atoms with E-state index in [-0.39, 0.29) is 12.0 Å². The van der Waals surface area contributed by atoms with Crippen LogP contribution >= 0.6 is 0 Å². The molecule has 0 aromatic heterocycles. The number of piperidine rings is 1. The normalized spacial score (nSPS) is 21.8. The van der Waals surface area contributed by atoms with Crippen molar-refractivity contribution in [2.75, 3.05) is 32.8 Å². The first-order valence-electron chi connectivity index (χ1n) is 7.69. The van der Waals surface area contributed by atoms with E-state index in [4.69, 9.17) is 9.47 Å². The molecular formula is C16H22N2O3. The molecule has 114 valence electrons. The quantitative estimate of drug-likeness (QED) is 0.911. The molecule has 0 aliphatic carbocycles. The summed E-state index contributed by atoms with van der Waals surface area (Å²) in [6, 6.07) is 7.61. The molecule has 0 spiro atoms. The second kappa shape index (κ2) is 6.80. The number of hydrogen-bond donors (Lipinski definition) is 1. The fourth-order valence-electron chi connectivity index (χ4n) is 2.77. The van der Waals surface area contributed by atoms with E-state index in [1.807, 2.05) is 24.3 Å². The maximum atomic E-state index is 12.0. The molecule has 0 radical (unpaired) electrons. The Morgan fingerprint density at radius 2 is 1.95 bits per heavy atom. The van der Waals surface area contributed by atoms with Crippen molar-refractivity contribution in [3.63, 3.8) is 0 Å². The summed E-state index contributed by atoms with van der Waals surface area (Å²) in [4.78, 5) is 14.2. The Hall–Kier alpha value is -1.75. The van der Waals surface area contributed by atoms with Gasteiger partial charge >= 0.3 is 0 Å². The monoisotopic (exact) mass is 290 g/mol. The molecule has 1 unspecified atom stereocenters. The number of para-hydroxylation sites is 2. The lowest BCUT2D eigenvalue weighted by atomic mass is 10.1. The average molecular weight is 290 g/mol. The van der Waals surface area contributed by atoms with Crippen LogP contribution in [0.5, 0.6) is 11.5 Å². The van der Waals surface area contributed by atoms with Crippen molar-refractivity contribution in [1.29, 1.82) is 0 Å². The van der Waals surface area contributed by atoms with E-state index < -0.39 is 0 Å². The van der Waals surface area contributed by atoms with Crippen molar-refractivity contribution in [2.45, 2.75) is 25.4 Å². The van der Waals surface area contributed by atoms with Crippen molar-refractivity contribution in [3.8, 4) is 11.5 Å². The van der Waals surface area contributed by atoms with Crippen molar-refractivity contribution in [1.82, 2.24) is 10.2 Å². The van der Waals surface area contributed by atoms with Gasteiger partial charge in [-0.15, -0.1) is 0 Å². The summed E-state index contributed by atoms with van der Waals surface area (Å²) in [6.45, 7) is 3.51. The lowest BCUT2D eigenvalue weighted by molar-refractivity contribution is -0.123. The Labute approximate surface area is 125 Å². The molecule has 1 atom stereocenters. The first-order chi connectivity index (χ1) is 10.3. The smallest absolute Gasteiger partial charge is 0.234 e. The number of carbonyl (C=O) groups is 1. The molecule has 2 aliphatic heterocycles. The van der Waals surface area contributed by atoms with Crippen LogP contribution in [-0.4, -0.2) is 49.7 Å². The first-order valence-corrected chi connectivity index (χ1v) is 7.69. The van der Waals surface area contributed by atoms with Gasteiger partial charge in [0.25, 0.3) is 0 Å². The molecule has 21 heavy (non-hydrogen) atoms. The maximum absolute atomic E-state index is 12.0. The summed E-state index contributed by atoms with van der Waals surface area (Å²) in [5.41, 5.74) is 0. The Morgan fingerprint density at radius 3 is 2.76 bits per heavy atom. The molecule has 5 heteroatoms. The van der Waals surface area contributed by atoms with Crippen LogP contribution in [0.4, 0.5) is 0 Å². The number of nitrogens with one attached hydrogen (secondary N) is 1. The predicted octanol–water partition coefficient (Wildman–Crippen LogP) is 1.43. The number of rotatable bonds is 4. The van der Waals surface area contributed by atoms with Gasteiger partial charge in [-0.25, -0.2) is 0 Å². The molecular weight excluding hydrogens is 268 g/mol. The zero-order chi connectivity index (χ0) is 14.5. The highest BCUT2D eigenvalue weighted by Gasteiger charge is 2.21. The van der Waals surface area contributed by atoms with E-state index in [1.54, 1.807) is 0 Å². The Balaban J connectivity index is 1.42. The minimum Gasteiger partial charge on any atom is -0.486 e. The van der Waals surface area contributed by atoms with Gasteiger partial charge in [0.05, 0.1) is 13.1 Å². The molecule has 0 bridgehead atoms. The van der Waals surface area contributed by atoms with Crippen LogP contribution in [0.25, 0.3) is 0 Å². The molecule has 1 fully saturated rings. The van der Waals surface area contributed by atoms with Gasteiger partial charge < -0.3 is 14.8 Å². The number of benzene rings is 1.